The van der Waals surface area contributed by atoms with Crippen LogP contribution in [0.25, 0.3) is 11.0 Å². The first-order valence-electron chi connectivity index (χ1n) is 9.95. The van der Waals surface area contributed by atoms with Crippen LogP contribution in [0.3, 0.4) is 0 Å². The number of hydrogen-bond donors (Lipinski definition) is 1. The zero-order chi connectivity index (χ0) is 18.8. The molecular weight excluding hydrogens is 336 g/mol. The fraction of sp³-hybridized carbons (Fsp3) is 0.455. The van der Waals surface area contributed by atoms with E-state index < -0.39 is 0 Å². The van der Waals surface area contributed by atoms with E-state index in [-0.39, 0.29) is 5.92 Å². The molecule has 4 rings (SSSR count). The maximum absolute atomic E-state index is 11.3. The van der Waals surface area contributed by atoms with E-state index in [1.165, 1.54) is 11.3 Å². The first-order valence-corrected chi connectivity index (χ1v) is 9.95. The van der Waals surface area contributed by atoms with Crippen LogP contribution in [0.4, 0.5) is 0 Å². The van der Waals surface area contributed by atoms with Gasteiger partial charge < -0.3 is 15.5 Å². The molecule has 2 aliphatic rings. The number of allylic oxidation sites excluding steroid dienone is 2. The van der Waals surface area contributed by atoms with Crippen molar-refractivity contribution in [3.63, 3.8) is 0 Å². The van der Waals surface area contributed by atoms with Gasteiger partial charge in [-0.1, -0.05) is 12.7 Å². The standard InChI is InChI=1S/C22H28N4O/c1-2-3-11-25-12-5-6-18(14-25)21-20(17-9-8-16(13-17)15-27)19-7-4-10-24-22(19)26(21)23/h2-4,7,10-11,15-18H,1,5-6,8-9,12-14,23H2. The van der Waals surface area contributed by atoms with E-state index in [0.717, 1.165) is 62.5 Å². The largest absolute Gasteiger partial charge is 0.377 e. The third-order valence-electron chi connectivity index (χ3n) is 6.19. The molecular formula is C22H28N4O. The van der Waals surface area contributed by atoms with E-state index in [2.05, 4.69) is 28.7 Å². The maximum atomic E-state index is 11.3. The highest BCUT2D eigenvalue weighted by Gasteiger charge is 2.34. The number of pyridine rings is 1. The van der Waals surface area contributed by atoms with Crippen LogP contribution >= 0.6 is 0 Å². The lowest BCUT2D eigenvalue weighted by Crippen LogP contribution is -2.32. The Kier molecular flexibility index (Phi) is 5.01. The Balaban J connectivity index is 1.76. The Morgan fingerprint density at radius 1 is 1.26 bits per heavy atom. The van der Waals surface area contributed by atoms with Crippen LogP contribution in [-0.2, 0) is 4.79 Å². The molecule has 0 aromatic carbocycles. The summed E-state index contributed by atoms with van der Waals surface area (Å²) in [6, 6.07) is 4.12. The number of fused-ring (bicyclic) bond motifs is 1. The Labute approximate surface area is 160 Å². The van der Waals surface area contributed by atoms with Crippen LogP contribution in [0.1, 0.15) is 55.2 Å². The minimum atomic E-state index is 0.175. The monoisotopic (exact) mass is 364 g/mol. The zero-order valence-corrected chi connectivity index (χ0v) is 15.8. The smallest absolute Gasteiger partial charge is 0.158 e. The molecule has 142 valence electrons. The molecule has 1 saturated heterocycles. The van der Waals surface area contributed by atoms with E-state index in [0.29, 0.717) is 11.8 Å². The first kappa shape index (κ1) is 17.8. The average molecular weight is 364 g/mol. The summed E-state index contributed by atoms with van der Waals surface area (Å²) in [6.07, 6.45) is 14.1. The van der Waals surface area contributed by atoms with Crippen LogP contribution in [-0.4, -0.2) is 33.9 Å². The van der Waals surface area contributed by atoms with Gasteiger partial charge in [-0.3, -0.25) is 0 Å². The summed E-state index contributed by atoms with van der Waals surface area (Å²) >= 11 is 0. The fourth-order valence-corrected chi connectivity index (χ4v) is 4.98. The summed E-state index contributed by atoms with van der Waals surface area (Å²) in [5.74, 6) is 7.53. The second-order valence-electron chi connectivity index (χ2n) is 7.86. The SMILES string of the molecule is C=CC=CN1CCCC(c2c(C3CCC(C=O)C3)c3cccnc3n2N)C1. The van der Waals surface area contributed by atoms with Crippen molar-refractivity contribution in [2.45, 2.75) is 43.9 Å². The predicted octanol–water partition coefficient (Wildman–Crippen LogP) is 3.71. The number of rotatable bonds is 5. The van der Waals surface area contributed by atoms with Crippen molar-refractivity contribution in [1.82, 2.24) is 14.6 Å². The highest BCUT2D eigenvalue weighted by molar-refractivity contribution is 5.83. The maximum Gasteiger partial charge on any atom is 0.158 e. The molecule has 5 heteroatoms. The summed E-state index contributed by atoms with van der Waals surface area (Å²) in [5.41, 5.74) is 3.41. The van der Waals surface area contributed by atoms with Crippen LogP contribution in [0, 0.1) is 5.92 Å². The summed E-state index contributed by atoms with van der Waals surface area (Å²) in [6.45, 7) is 5.79. The van der Waals surface area contributed by atoms with Crippen molar-refractivity contribution < 1.29 is 4.79 Å². The summed E-state index contributed by atoms with van der Waals surface area (Å²) in [4.78, 5) is 18.2. The van der Waals surface area contributed by atoms with Crippen molar-refractivity contribution in [2.24, 2.45) is 5.92 Å². The number of nitrogens with two attached hydrogens (primary N) is 1. The van der Waals surface area contributed by atoms with Crippen molar-refractivity contribution in [3.05, 3.63) is 54.5 Å². The van der Waals surface area contributed by atoms with E-state index >= 15 is 0 Å². The minimum Gasteiger partial charge on any atom is -0.377 e. The number of nitrogens with zero attached hydrogens (tertiary/aromatic N) is 3. The summed E-state index contributed by atoms with van der Waals surface area (Å²) < 4.78 is 1.82. The Morgan fingerprint density at radius 3 is 2.93 bits per heavy atom. The molecule has 1 aliphatic heterocycles. The van der Waals surface area contributed by atoms with Crippen LogP contribution < -0.4 is 5.84 Å². The predicted molar refractivity (Wildman–Crippen MR) is 109 cm³/mol. The van der Waals surface area contributed by atoms with Gasteiger partial charge in [-0.25, -0.2) is 9.66 Å². The highest BCUT2D eigenvalue weighted by Crippen LogP contribution is 2.45. The molecule has 5 nitrogen and oxygen atoms in total. The summed E-state index contributed by atoms with van der Waals surface area (Å²) in [7, 11) is 0. The number of aldehydes is 1. The van der Waals surface area contributed by atoms with Crippen LogP contribution in [0.2, 0.25) is 0 Å². The van der Waals surface area contributed by atoms with Gasteiger partial charge in [-0.05, 0) is 68.0 Å². The third kappa shape index (κ3) is 3.27. The van der Waals surface area contributed by atoms with Crippen molar-refractivity contribution in [1.29, 1.82) is 0 Å². The van der Waals surface area contributed by atoms with E-state index in [4.69, 9.17) is 5.84 Å². The lowest BCUT2D eigenvalue weighted by molar-refractivity contribution is -0.110. The second kappa shape index (κ2) is 7.59. The summed E-state index contributed by atoms with van der Waals surface area (Å²) in [5, 5.41) is 1.16. The average Bonchev–Trinajstić information content (AvgIpc) is 3.29. The lowest BCUT2D eigenvalue weighted by Gasteiger charge is -2.33. The molecule has 0 amide bonds. The molecule has 3 atom stereocenters. The van der Waals surface area contributed by atoms with Gasteiger partial charge in [-0.15, -0.1) is 0 Å². The minimum absolute atomic E-state index is 0.175. The van der Waals surface area contributed by atoms with Crippen LogP contribution in [0.5, 0.6) is 0 Å². The van der Waals surface area contributed by atoms with Gasteiger partial charge in [0.15, 0.2) is 5.65 Å². The van der Waals surface area contributed by atoms with Gasteiger partial charge in [0.2, 0.25) is 0 Å². The normalized spacial score (nSPS) is 26.1. The molecule has 2 fully saturated rings. The molecule has 1 saturated carbocycles. The number of carbonyl (C=O) groups excluding carboxylic acids is 1. The highest BCUT2D eigenvalue weighted by atomic mass is 16.1. The molecule has 2 aromatic rings. The first-order chi connectivity index (χ1) is 13.2. The van der Waals surface area contributed by atoms with Crippen molar-refractivity contribution in [2.75, 3.05) is 18.9 Å². The Morgan fingerprint density at radius 2 is 2.15 bits per heavy atom. The quantitative estimate of drug-likeness (QED) is 0.499. The molecule has 0 spiro atoms. The molecule has 2 aromatic heterocycles. The molecule has 27 heavy (non-hydrogen) atoms. The molecule has 0 bridgehead atoms. The van der Waals surface area contributed by atoms with Gasteiger partial charge >= 0.3 is 0 Å². The topological polar surface area (TPSA) is 64.2 Å². The number of piperidine rings is 1. The Hall–Kier alpha value is -2.56. The molecule has 0 radical (unpaired) electrons. The van der Waals surface area contributed by atoms with Gasteiger partial charge in [0.05, 0.1) is 5.69 Å². The Bertz CT molecular complexity index is 869. The third-order valence-corrected chi connectivity index (χ3v) is 6.19. The van der Waals surface area contributed by atoms with E-state index in [9.17, 15) is 4.79 Å². The van der Waals surface area contributed by atoms with Gasteiger partial charge in [0.25, 0.3) is 0 Å². The number of likely N-dealkylation sites (tertiary alicyclic amines) is 1. The van der Waals surface area contributed by atoms with Crippen LogP contribution in [0.15, 0.2) is 43.3 Å². The number of nitrogen functional groups attached to an aromatic ring is 1. The molecule has 3 heterocycles. The number of aromatic nitrogens is 2. The van der Waals surface area contributed by atoms with E-state index in [1.54, 1.807) is 0 Å². The van der Waals surface area contributed by atoms with Gasteiger partial charge in [-0.2, -0.15) is 0 Å². The zero-order valence-electron chi connectivity index (χ0n) is 15.8. The molecule has 3 unspecified atom stereocenters. The molecule has 1 aliphatic carbocycles. The second-order valence-corrected chi connectivity index (χ2v) is 7.86. The number of carbonyl (C=O) groups is 1. The fourth-order valence-electron chi connectivity index (χ4n) is 4.98. The number of hydrogen-bond acceptors (Lipinski definition) is 4. The lowest BCUT2D eigenvalue weighted by atomic mass is 9.86. The van der Waals surface area contributed by atoms with Gasteiger partial charge in [0.1, 0.15) is 6.29 Å². The van der Waals surface area contributed by atoms with E-state index in [1.807, 2.05) is 29.1 Å². The van der Waals surface area contributed by atoms with Gasteiger partial charge in [0, 0.05) is 36.5 Å². The van der Waals surface area contributed by atoms with Crippen molar-refractivity contribution in [3.8, 4) is 0 Å². The molecule has 2 N–H and O–H groups in total. The van der Waals surface area contributed by atoms with Crippen molar-refractivity contribution >= 4 is 17.3 Å².